The molecular weight excluding hydrogens is 160 g/mol. The van der Waals surface area contributed by atoms with E-state index in [-0.39, 0.29) is 12.5 Å². The standard InChI is InChI=1S/C7H16N2O3/c1-12-5-6(10)2-3-9-7(11)4-8/h6,10H,2-5,8H2,1H3,(H,9,11). The fraction of sp³-hybridized carbons (Fsp3) is 0.857. The SMILES string of the molecule is COCC(O)CCNC(=O)CN. The van der Waals surface area contributed by atoms with Gasteiger partial charge in [0.1, 0.15) is 0 Å². The highest BCUT2D eigenvalue weighted by Crippen LogP contribution is 1.89. The molecule has 0 radical (unpaired) electrons. The fourth-order valence-electron chi connectivity index (χ4n) is 0.726. The molecule has 12 heavy (non-hydrogen) atoms. The maximum atomic E-state index is 10.6. The van der Waals surface area contributed by atoms with Crippen molar-refractivity contribution < 1.29 is 14.6 Å². The maximum Gasteiger partial charge on any atom is 0.233 e. The van der Waals surface area contributed by atoms with Gasteiger partial charge in [0.05, 0.1) is 19.3 Å². The zero-order valence-corrected chi connectivity index (χ0v) is 7.25. The van der Waals surface area contributed by atoms with Gasteiger partial charge in [-0.2, -0.15) is 0 Å². The minimum absolute atomic E-state index is 0.0135. The van der Waals surface area contributed by atoms with Crippen LogP contribution in [0.25, 0.3) is 0 Å². The molecule has 0 aliphatic heterocycles. The summed E-state index contributed by atoms with van der Waals surface area (Å²) in [5, 5.41) is 11.7. The van der Waals surface area contributed by atoms with Crippen molar-refractivity contribution in [2.75, 3.05) is 26.8 Å². The number of hydrogen-bond donors (Lipinski definition) is 3. The van der Waals surface area contributed by atoms with Crippen LogP contribution in [0.4, 0.5) is 0 Å². The molecule has 0 aromatic rings. The number of rotatable bonds is 6. The molecule has 0 fully saturated rings. The lowest BCUT2D eigenvalue weighted by Crippen LogP contribution is -2.33. The summed E-state index contributed by atoms with van der Waals surface area (Å²) in [4.78, 5) is 10.6. The fourth-order valence-corrected chi connectivity index (χ4v) is 0.726. The normalized spacial score (nSPS) is 12.6. The summed E-state index contributed by atoms with van der Waals surface area (Å²) in [6, 6.07) is 0. The van der Waals surface area contributed by atoms with Crippen LogP contribution in [0.1, 0.15) is 6.42 Å². The summed E-state index contributed by atoms with van der Waals surface area (Å²) in [6.07, 6.45) is -0.0346. The van der Waals surface area contributed by atoms with Crippen LogP contribution in [0.15, 0.2) is 0 Å². The van der Waals surface area contributed by atoms with Crippen LogP contribution < -0.4 is 11.1 Å². The number of amides is 1. The molecule has 5 heteroatoms. The van der Waals surface area contributed by atoms with E-state index in [1.165, 1.54) is 7.11 Å². The number of aliphatic hydroxyl groups excluding tert-OH is 1. The topological polar surface area (TPSA) is 84.6 Å². The summed E-state index contributed by atoms with van der Waals surface area (Å²) in [7, 11) is 1.52. The second-order valence-corrected chi connectivity index (χ2v) is 2.45. The molecule has 0 aliphatic carbocycles. The monoisotopic (exact) mass is 176 g/mol. The Kier molecular flexibility index (Phi) is 6.64. The molecule has 0 bridgehead atoms. The summed E-state index contributed by atoms with van der Waals surface area (Å²) in [5.74, 6) is -0.209. The van der Waals surface area contributed by atoms with E-state index in [9.17, 15) is 4.79 Å². The van der Waals surface area contributed by atoms with Crippen LogP contribution in [-0.4, -0.2) is 43.9 Å². The molecule has 1 atom stereocenters. The van der Waals surface area contributed by atoms with Crippen molar-refractivity contribution >= 4 is 5.91 Å². The highest BCUT2D eigenvalue weighted by molar-refractivity contribution is 5.77. The summed E-state index contributed by atoms with van der Waals surface area (Å²) >= 11 is 0. The smallest absolute Gasteiger partial charge is 0.233 e. The first-order chi connectivity index (χ1) is 5.70. The molecule has 1 unspecified atom stereocenters. The molecule has 0 spiro atoms. The van der Waals surface area contributed by atoms with E-state index in [4.69, 9.17) is 15.6 Å². The average molecular weight is 176 g/mol. The van der Waals surface area contributed by atoms with E-state index in [0.29, 0.717) is 19.6 Å². The lowest BCUT2D eigenvalue weighted by Gasteiger charge is -2.09. The zero-order valence-electron chi connectivity index (χ0n) is 7.25. The summed E-state index contributed by atoms with van der Waals surface area (Å²) in [6.45, 7) is 0.708. The minimum Gasteiger partial charge on any atom is -0.391 e. The second-order valence-electron chi connectivity index (χ2n) is 2.45. The van der Waals surface area contributed by atoms with Crippen molar-refractivity contribution in [1.29, 1.82) is 0 Å². The van der Waals surface area contributed by atoms with Crippen LogP contribution in [0.5, 0.6) is 0 Å². The lowest BCUT2D eigenvalue weighted by atomic mass is 10.2. The van der Waals surface area contributed by atoms with Crippen molar-refractivity contribution in [3.8, 4) is 0 Å². The van der Waals surface area contributed by atoms with E-state index in [2.05, 4.69) is 5.32 Å². The Morgan fingerprint density at radius 3 is 2.92 bits per heavy atom. The van der Waals surface area contributed by atoms with Gasteiger partial charge in [0, 0.05) is 13.7 Å². The number of methoxy groups -OCH3 is 1. The number of carbonyl (C=O) groups excluding carboxylic acids is 1. The Bertz CT molecular complexity index is 130. The molecule has 0 rings (SSSR count). The Morgan fingerprint density at radius 1 is 1.75 bits per heavy atom. The molecule has 72 valence electrons. The molecule has 0 aromatic carbocycles. The number of hydrogen-bond acceptors (Lipinski definition) is 4. The van der Waals surface area contributed by atoms with Gasteiger partial charge in [-0.25, -0.2) is 0 Å². The molecule has 5 nitrogen and oxygen atoms in total. The van der Waals surface area contributed by atoms with Gasteiger partial charge in [0.2, 0.25) is 5.91 Å². The Balaban J connectivity index is 3.24. The van der Waals surface area contributed by atoms with E-state index in [0.717, 1.165) is 0 Å². The molecule has 1 amide bonds. The average Bonchev–Trinajstić information content (AvgIpc) is 2.04. The predicted octanol–water partition coefficient (Wildman–Crippen LogP) is -1.54. The highest BCUT2D eigenvalue weighted by atomic mass is 16.5. The van der Waals surface area contributed by atoms with Gasteiger partial charge in [-0.3, -0.25) is 4.79 Å². The van der Waals surface area contributed by atoms with Crippen LogP contribution in [0.3, 0.4) is 0 Å². The van der Waals surface area contributed by atoms with E-state index >= 15 is 0 Å². The van der Waals surface area contributed by atoms with Crippen LogP contribution in [0, 0.1) is 0 Å². The van der Waals surface area contributed by atoms with Crippen molar-refractivity contribution in [3.05, 3.63) is 0 Å². The molecule has 0 saturated heterocycles. The Labute approximate surface area is 71.9 Å². The van der Waals surface area contributed by atoms with Crippen molar-refractivity contribution in [2.24, 2.45) is 5.73 Å². The van der Waals surface area contributed by atoms with Gasteiger partial charge in [-0.1, -0.05) is 0 Å². The van der Waals surface area contributed by atoms with Gasteiger partial charge in [-0.15, -0.1) is 0 Å². The molecule has 0 aromatic heterocycles. The van der Waals surface area contributed by atoms with Gasteiger partial charge in [0.15, 0.2) is 0 Å². The van der Waals surface area contributed by atoms with Crippen molar-refractivity contribution in [3.63, 3.8) is 0 Å². The second kappa shape index (κ2) is 7.02. The number of ether oxygens (including phenoxy) is 1. The third-order valence-corrected chi connectivity index (χ3v) is 1.34. The lowest BCUT2D eigenvalue weighted by molar-refractivity contribution is -0.119. The number of nitrogens with two attached hydrogens (primary N) is 1. The number of nitrogens with one attached hydrogen (secondary N) is 1. The van der Waals surface area contributed by atoms with Crippen molar-refractivity contribution in [1.82, 2.24) is 5.32 Å². The Morgan fingerprint density at radius 2 is 2.42 bits per heavy atom. The third-order valence-electron chi connectivity index (χ3n) is 1.34. The summed E-state index contributed by atoms with van der Waals surface area (Å²) in [5.41, 5.74) is 5.05. The predicted molar refractivity (Wildman–Crippen MR) is 44.6 cm³/mol. The zero-order chi connectivity index (χ0) is 9.40. The Hall–Kier alpha value is -0.650. The highest BCUT2D eigenvalue weighted by Gasteiger charge is 2.03. The van der Waals surface area contributed by atoms with Gasteiger partial charge >= 0.3 is 0 Å². The van der Waals surface area contributed by atoms with E-state index < -0.39 is 6.10 Å². The van der Waals surface area contributed by atoms with Crippen molar-refractivity contribution in [2.45, 2.75) is 12.5 Å². The van der Waals surface area contributed by atoms with E-state index in [1.54, 1.807) is 0 Å². The minimum atomic E-state index is -0.520. The van der Waals surface area contributed by atoms with Crippen LogP contribution in [0.2, 0.25) is 0 Å². The van der Waals surface area contributed by atoms with Crippen LogP contribution in [-0.2, 0) is 9.53 Å². The quantitative estimate of drug-likeness (QED) is 0.458. The van der Waals surface area contributed by atoms with Crippen LogP contribution >= 0.6 is 0 Å². The molecular formula is C7H16N2O3. The largest absolute Gasteiger partial charge is 0.391 e. The first-order valence-electron chi connectivity index (χ1n) is 3.84. The maximum absolute atomic E-state index is 10.6. The number of aliphatic hydroxyl groups is 1. The third kappa shape index (κ3) is 6.09. The van der Waals surface area contributed by atoms with E-state index in [1.807, 2.05) is 0 Å². The molecule has 0 heterocycles. The van der Waals surface area contributed by atoms with Gasteiger partial charge < -0.3 is 20.9 Å². The van der Waals surface area contributed by atoms with Gasteiger partial charge in [-0.05, 0) is 6.42 Å². The molecule has 4 N–H and O–H groups in total. The first kappa shape index (κ1) is 11.4. The summed E-state index contributed by atoms with van der Waals surface area (Å²) < 4.78 is 4.70. The van der Waals surface area contributed by atoms with Gasteiger partial charge in [0.25, 0.3) is 0 Å². The molecule has 0 aliphatic rings. The molecule has 0 saturated carbocycles. The first-order valence-corrected chi connectivity index (χ1v) is 3.84. The number of carbonyl (C=O) groups is 1.